The number of nitrogens with one attached hydrogen (secondary N) is 3. The molecular weight excluding hydrogens is 710 g/mol. The highest BCUT2D eigenvalue weighted by atomic mass is 32.2. The largest absolute Gasteiger partial charge is 0.497 e. The monoisotopic (exact) mass is 757 g/mol. The van der Waals surface area contributed by atoms with Gasteiger partial charge in [-0.1, -0.05) is 28.5 Å². The van der Waals surface area contributed by atoms with Gasteiger partial charge in [-0.15, -0.1) is 6.42 Å². The maximum atomic E-state index is 13.8. The summed E-state index contributed by atoms with van der Waals surface area (Å²) in [7, 11) is -1.89. The molecule has 0 saturated heterocycles. The van der Waals surface area contributed by atoms with Crippen LogP contribution in [-0.2, 0) is 47.0 Å². The maximum absolute atomic E-state index is 13.8. The van der Waals surface area contributed by atoms with Crippen LogP contribution in [0.5, 0.6) is 11.5 Å². The summed E-state index contributed by atoms with van der Waals surface area (Å²) < 4.78 is 58.6. The molecule has 0 bridgehead atoms. The van der Waals surface area contributed by atoms with Crippen molar-refractivity contribution in [1.29, 1.82) is 0 Å². The van der Waals surface area contributed by atoms with Crippen molar-refractivity contribution in [3.63, 3.8) is 0 Å². The second-order valence-corrected chi connectivity index (χ2v) is 15.4. The number of terminal acetylenes is 1. The number of benzene rings is 2. The summed E-state index contributed by atoms with van der Waals surface area (Å²) in [6.07, 6.45) is 4.99. The minimum absolute atomic E-state index is 0.317. The SMILES string of the molecule is C#CCN(NC(=O)[C@H](C)NC(=O)OC(C)(C)C)S(=O)(=O)N[C@H](Cc1cn(C(=O)OC(C)(C)C)c2ccccc12)C(=O)OCc1ccc(OC)cc1OC. The first kappa shape index (κ1) is 42.1. The summed E-state index contributed by atoms with van der Waals surface area (Å²) in [5.74, 6) is 1.04. The number of methoxy groups -OCH3 is 2. The van der Waals surface area contributed by atoms with Gasteiger partial charge in [0.15, 0.2) is 0 Å². The highest BCUT2D eigenvalue weighted by Gasteiger charge is 2.34. The molecule has 3 aromatic rings. The zero-order chi connectivity index (χ0) is 39.7. The Morgan fingerprint density at radius 3 is 2.21 bits per heavy atom. The molecular formula is C36H47N5O11S. The molecule has 0 unspecified atom stereocenters. The molecule has 0 aliphatic heterocycles. The fourth-order valence-corrected chi connectivity index (χ4v) is 5.89. The lowest BCUT2D eigenvalue weighted by atomic mass is 10.1. The van der Waals surface area contributed by atoms with E-state index in [0.29, 0.717) is 37.9 Å². The van der Waals surface area contributed by atoms with E-state index in [9.17, 15) is 27.6 Å². The molecule has 0 aliphatic rings. The van der Waals surface area contributed by atoms with E-state index in [1.165, 1.54) is 31.9 Å². The van der Waals surface area contributed by atoms with Gasteiger partial charge in [0.2, 0.25) is 0 Å². The Labute approximate surface area is 309 Å². The number of esters is 1. The molecule has 0 radical (unpaired) electrons. The van der Waals surface area contributed by atoms with Crippen molar-refractivity contribution < 1.29 is 51.3 Å². The van der Waals surface area contributed by atoms with Gasteiger partial charge in [-0.2, -0.15) is 13.1 Å². The van der Waals surface area contributed by atoms with E-state index in [1.807, 2.05) is 0 Å². The molecule has 1 aromatic heterocycles. The number of ether oxygens (including phenoxy) is 5. The first-order valence-electron chi connectivity index (χ1n) is 16.4. The second-order valence-electron chi connectivity index (χ2n) is 13.7. The zero-order valence-corrected chi connectivity index (χ0v) is 32.1. The molecule has 0 spiro atoms. The number of carbonyl (C=O) groups is 4. The number of rotatable bonds is 14. The number of carbonyl (C=O) groups excluding carboxylic acids is 4. The van der Waals surface area contributed by atoms with Crippen molar-refractivity contribution in [2.45, 2.75) is 84.8 Å². The summed E-state index contributed by atoms with van der Waals surface area (Å²) >= 11 is 0. The quantitative estimate of drug-likeness (QED) is 0.0938. The van der Waals surface area contributed by atoms with Gasteiger partial charge < -0.3 is 29.0 Å². The van der Waals surface area contributed by atoms with Crippen molar-refractivity contribution in [1.82, 2.24) is 24.4 Å². The van der Waals surface area contributed by atoms with Gasteiger partial charge in [-0.05, 0) is 72.2 Å². The molecule has 288 valence electrons. The van der Waals surface area contributed by atoms with Gasteiger partial charge in [0.05, 0.1) is 26.3 Å². The van der Waals surface area contributed by atoms with Crippen molar-refractivity contribution >= 4 is 45.2 Å². The van der Waals surface area contributed by atoms with Gasteiger partial charge in [-0.25, -0.2) is 9.59 Å². The van der Waals surface area contributed by atoms with Crippen LogP contribution in [0.1, 0.15) is 59.6 Å². The normalized spacial score (nSPS) is 13.0. The number of aromatic nitrogens is 1. The number of alkyl carbamates (subject to hydrolysis) is 1. The van der Waals surface area contributed by atoms with Crippen molar-refractivity contribution in [3.05, 3.63) is 59.8 Å². The Bertz CT molecular complexity index is 1960. The average molecular weight is 758 g/mol. The van der Waals surface area contributed by atoms with Gasteiger partial charge >= 0.3 is 18.2 Å². The van der Waals surface area contributed by atoms with E-state index in [0.717, 1.165) is 0 Å². The molecule has 17 heteroatoms. The lowest BCUT2D eigenvalue weighted by Gasteiger charge is -2.26. The molecule has 3 N–H and O–H groups in total. The van der Waals surface area contributed by atoms with E-state index >= 15 is 0 Å². The minimum Gasteiger partial charge on any atom is -0.497 e. The molecule has 1 heterocycles. The molecule has 0 saturated carbocycles. The smallest absolute Gasteiger partial charge is 0.419 e. The molecule has 2 aromatic carbocycles. The fourth-order valence-electron chi connectivity index (χ4n) is 4.77. The van der Waals surface area contributed by atoms with E-state index in [2.05, 4.69) is 21.4 Å². The van der Waals surface area contributed by atoms with Crippen molar-refractivity contribution in [3.8, 4) is 23.8 Å². The van der Waals surface area contributed by atoms with Crippen LogP contribution in [0.25, 0.3) is 10.9 Å². The lowest BCUT2D eigenvalue weighted by molar-refractivity contribution is -0.147. The number of nitrogens with zero attached hydrogens (tertiary/aromatic N) is 2. The minimum atomic E-state index is -4.80. The fraction of sp³-hybridized carbons (Fsp3) is 0.444. The molecule has 2 atom stereocenters. The maximum Gasteiger partial charge on any atom is 0.419 e. The first-order valence-corrected chi connectivity index (χ1v) is 17.8. The van der Waals surface area contributed by atoms with Crippen LogP contribution < -0.4 is 24.9 Å². The Morgan fingerprint density at radius 2 is 1.60 bits per heavy atom. The molecule has 0 fully saturated rings. The predicted octanol–water partition coefficient (Wildman–Crippen LogP) is 3.81. The summed E-state index contributed by atoms with van der Waals surface area (Å²) in [6.45, 7) is 10.4. The number of hydrazine groups is 1. The van der Waals surface area contributed by atoms with E-state index in [1.54, 1.807) is 84.0 Å². The van der Waals surface area contributed by atoms with Crippen molar-refractivity contribution in [2.24, 2.45) is 0 Å². The molecule has 2 amide bonds. The molecule has 3 rings (SSSR count). The van der Waals surface area contributed by atoms with Crippen molar-refractivity contribution in [2.75, 3.05) is 20.8 Å². The molecule has 53 heavy (non-hydrogen) atoms. The highest BCUT2D eigenvalue weighted by molar-refractivity contribution is 7.87. The number of hydrogen-bond donors (Lipinski definition) is 3. The standard InChI is InChI=1S/C36H47N5O11S/c1-11-18-41(38-31(42)23(2)37-33(44)51-35(3,4)5)53(46,47)39-28(32(43)50-22-24-16-17-26(48-9)20-30(24)49-10)19-25-21-40(34(45)52-36(6,7)8)29-15-13-12-14-27(25)29/h1,12-17,20-21,23,28,39H,18-19,22H2,2-10H3,(H,37,44)(H,38,42)/t23-,28+/m0/s1. The van der Waals surface area contributed by atoms with Gasteiger partial charge in [0, 0.05) is 29.6 Å². The third-order valence-corrected chi connectivity index (χ3v) is 8.52. The van der Waals surface area contributed by atoms with E-state index < -0.39 is 64.1 Å². The van der Waals surface area contributed by atoms with Crippen LogP contribution in [0, 0.1) is 12.3 Å². The zero-order valence-electron chi connectivity index (χ0n) is 31.3. The summed E-state index contributed by atoms with van der Waals surface area (Å²) in [5.41, 5.74) is 1.79. The van der Waals surface area contributed by atoms with Gasteiger partial charge in [-0.3, -0.25) is 19.6 Å². The predicted molar refractivity (Wildman–Crippen MR) is 195 cm³/mol. The Balaban J connectivity index is 1.98. The van der Waals surface area contributed by atoms with E-state index in [4.69, 9.17) is 30.1 Å². The third-order valence-electron chi connectivity index (χ3n) is 7.14. The summed E-state index contributed by atoms with van der Waals surface area (Å²) in [5, 5.41) is 2.85. The topological polar surface area (TPSA) is 193 Å². The second kappa shape index (κ2) is 17.5. The van der Waals surface area contributed by atoms with Gasteiger partial charge in [0.25, 0.3) is 16.1 Å². The van der Waals surface area contributed by atoms with Gasteiger partial charge in [0.1, 0.15) is 41.4 Å². The molecule has 16 nitrogen and oxygen atoms in total. The van der Waals surface area contributed by atoms with Crippen LogP contribution >= 0.6 is 0 Å². The first-order chi connectivity index (χ1) is 24.7. The summed E-state index contributed by atoms with van der Waals surface area (Å²) in [6, 6.07) is 8.76. The number of para-hydroxylation sites is 1. The van der Waals surface area contributed by atoms with Crippen LogP contribution in [0.2, 0.25) is 0 Å². The number of amides is 2. The highest BCUT2D eigenvalue weighted by Crippen LogP contribution is 2.27. The number of fused-ring (bicyclic) bond motifs is 1. The Kier molecular flexibility index (Phi) is 13.9. The Hall–Kier alpha value is -5.31. The van der Waals surface area contributed by atoms with Crippen LogP contribution in [0.4, 0.5) is 9.59 Å². The van der Waals surface area contributed by atoms with E-state index in [-0.39, 0.29) is 13.0 Å². The molecule has 0 aliphatic carbocycles. The van der Waals surface area contributed by atoms with Crippen LogP contribution in [0.3, 0.4) is 0 Å². The third kappa shape index (κ3) is 12.1. The number of hydrogen-bond acceptors (Lipinski definition) is 11. The lowest BCUT2D eigenvalue weighted by Crippen LogP contribution is -2.58. The average Bonchev–Trinajstić information content (AvgIpc) is 3.43. The van der Waals surface area contributed by atoms with Crippen LogP contribution in [0.15, 0.2) is 48.7 Å². The Morgan fingerprint density at radius 1 is 0.943 bits per heavy atom. The van der Waals surface area contributed by atoms with Crippen LogP contribution in [-0.4, -0.2) is 85.5 Å². The summed E-state index contributed by atoms with van der Waals surface area (Å²) in [4.78, 5) is 52.2.